The summed E-state index contributed by atoms with van der Waals surface area (Å²) in [5.74, 6) is 0.0975. The number of carbonyl (C=O) groups is 2. The summed E-state index contributed by atoms with van der Waals surface area (Å²) in [5.41, 5.74) is 0.136. The molecule has 5 nitrogen and oxygen atoms in total. The van der Waals surface area contributed by atoms with Gasteiger partial charge in [-0.15, -0.1) is 0 Å². The first-order chi connectivity index (χ1) is 6.76. The third kappa shape index (κ3) is 1.41. The van der Waals surface area contributed by atoms with E-state index >= 15 is 0 Å². The molecule has 0 radical (unpaired) electrons. The zero-order chi connectivity index (χ0) is 10.1. The number of aromatic nitrogens is 1. The lowest BCUT2D eigenvalue weighted by atomic mass is 10.2. The molecule has 0 amide bonds. The summed E-state index contributed by atoms with van der Waals surface area (Å²) in [7, 11) is 1.27. The monoisotopic (exact) mass is 195 g/mol. The van der Waals surface area contributed by atoms with Crippen molar-refractivity contribution in [3.8, 4) is 0 Å². The smallest absolute Gasteiger partial charge is 0.360 e. The molecule has 1 aromatic rings. The fourth-order valence-electron chi connectivity index (χ4n) is 1.26. The van der Waals surface area contributed by atoms with Gasteiger partial charge in [0.25, 0.3) is 5.89 Å². The summed E-state index contributed by atoms with van der Waals surface area (Å²) >= 11 is 0. The van der Waals surface area contributed by atoms with Crippen LogP contribution in [0.3, 0.4) is 0 Å². The molecule has 1 aromatic heterocycles. The molecule has 74 valence electrons. The van der Waals surface area contributed by atoms with E-state index in [0.29, 0.717) is 12.0 Å². The standard InChI is InChI=1S/C9H9NO4/c1-13-9(12)7-8(5-2-3-5)14-6(4-11)10-7/h4-5H,2-3H2,1H3. The summed E-state index contributed by atoms with van der Waals surface area (Å²) in [5, 5.41) is 0. The van der Waals surface area contributed by atoms with E-state index in [4.69, 9.17) is 4.42 Å². The Balaban J connectivity index is 2.39. The second-order valence-electron chi connectivity index (χ2n) is 3.15. The maximum atomic E-state index is 11.2. The van der Waals surface area contributed by atoms with Crippen molar-refractivity contribution in [2.24, 2.45) is 0 Å². The molecule has 0 N–H and O–H groups in total. The van der Waals surface area contributed by atoms with Crippen molar-refractivity contribution in [3.05, 3.63) is 17.3 Å². The lowest BCUT2D eigenvalue weighted by molar-refractivity contribution is 0.0592. The van der Waals surface area contributed by atoms with E-state index in [-0.39, 0.29) is 17.5 Å². The Morgan fingerprint density at radius 3 is 2.86 bits per heavy atom. The summed E-state index contributed by atoms with van der Waals surface area (Å²) < 4.78 is 9.67. The molecule has 14 heavy (non-hydrogen) atoms. The number of carbonyl (C=O) groups excluding carboxylic acids is 2. The largest absolute Gasteiger partial charge is 0.464 e. The number of aldehydes is 1. The predicted molar refractivity (Wildman–Crippen MR) is 45.2 cm³/mol. The SMILES string of the molecule is COC(=O)c1nc(C=O)oc1C1CC1. The van der Waals surface area contributed by atoms with Gasteiger partial charge >= 0.3 is 5.97 Å². The highest BCUT2D eigenvalue weighted by Gasteiger charge is 2.34. The van der Waals surface area contributed by atoms with Crippen LogP contribution in [0, 0.1) is 0 Å². The average molecular weight is 195 g/mol. The number of rotatable bonds is 3. The minimum Gasteiger partial charge on any atom is -0.464 e. The molecule has 5 heteroatoms. The van der Waals surface area contributed by atoms with E-state index in [0.717, 1.165) is 12.8 Å². The second-order valence-corrected chi connectivity index (χ2v) is 3.15. The van der Waals surface area contributed by atoms with Gasteiger partial charge in [-0.25, -0.2) is 4.79 Å². The van der Waals surface area contributed by atoms with E-state index in [2.05, 4.69) is 9.72 Å². The van der Waals surface area contributed by atoms with Gasteiger partial charge < -0.3 is 9.15 Å². The Bertz CT molecular complexity index is 378. The topological polar surface area (TPSA) is 69.4 Å². The zero-order valence-electron chi connectivity index (χ0n) is 7.65. The van der Waals surface area contributed by atoms with Crippen LogP contribution in [0.5, 0.6) is 0 Å². The fourth-order valence-corrected chi connectivity index (χ4v) is 1.26. The first kappa shape index (κ1) is 8.93. The van der Waals surface area contributed by atoms with E-state index in [1.807, 2.05) is 0 Å². The zero-order valence-corrected chi connectivity index (χ0v) is 7.65. The molecule has 0 unspecified atom stereocenters. The molecule has 1 fully saturated rings. The molecular weight excluding hydrogens is 186 g/mol. The van der Waals surface area contributed by atoms with Crippen LogP contribution in [0.15, 0.2) is 4.42 Å². The highest BCUT2D eigenvalue weighted by atomic mass is 16.5. The Morgan fingerprint density at radius 2 is 2.36 bits per heavy atom. The summed E-state index contributed by atoms with van der Waals surface area (Å²) in [4.78, 5) is 25.4. The van der Waals surface area contributed by atoms with Crippen LogP contribution in [-0.2, 0) is 4.74 Å². The van der Waals surface area contributed by atoms with Gasteiger partial charge in [0.05, 0.1) is 7.11 Å². The lowest BCUT2D eigenvalue weighted by Crippen LogP contribution is -2.04. The van der Waals surface area contributed by atoms with Crippen molar-refractivity contribution >= 4 is 12.3 Å². The molecule has 1 aliphatic rings. The number of methoxy groups -OCH3 is 1. The second kappa shape index (κ2) is 3.25. The number of esters is 1. The lowest BCUT2D eigenvalue weighted by Gasteiger charge is -1.95. The molecular formula is C9H9NO4. The van der Waals surface area contributed by atoms with E-state index in [9.17, 15) is 9.59 Å². The molecule has 0 aromatic carbocycles. The minimum atomic E-state index is -0.552. The Kier molecular flexibility index (Phi) is 2.07. The van der Waals surface area contributed by atoms with Crippen molar-refractivity contribution in [1.29, 1.82) is 0 Å². The van der Waals surface area contributed by atoms with Crippen LogP contribution in [-0.4, -0.2) is 24.3 Å². The number of hydrogen-bond donors (Lipinski definition) is 0. The Labute approximate surface area is 80.1 Å². The maximum Gasteiger partial charge on any atom is 0.360 e. The molecule has 1 aliphatic carbocycles. The molecule has 2 rings (SSSR count). The van der Waals surface area contributed by atoms with Crippen LogP contribution in [0.4, 0.5) is 0 Å². The molecule has 0 atom stereocenters. The van der Waals surface area contributed by atoms with Gasteiger partial charge in [0.2, 0.25) is 6.29 Å². The summed E-state index contributed by atoms with van der Waals surface area (Å²) in [6, 6.07) is 0. The number of hydrogen-bond acceptors (Lipinski definition) is 5. The average Bonchev–Trinajstić information content (AvgIpc) is 2.97. The summed E-state index contributed by atoms with van der Waals surface area (Å²) in [6.07, 6.45) is 2.42. The van der Waals surface area contributed by atoms with Crippen molar-refractivity contribution < 1.29 is 18.7 Å². The van der Waals surface area contributed by atoms with Gasteiger partial charge in [0.15, 0.2) is 5.69 Å². The molecule has 0 bridgehead atoms. The highest BCUT2D eigenvalue weighted by Crippen LogP contribution is 2.42. The van der Waals surface area contributed by atoms with Crippen LogP contribution in [0.2, 0.25) is 0 Å². The third-order valence-electron chi connectivity index (χ3n) is 2.10. The van der Waals surface area contributed by atoms with Crippen LogP contribution in [0.1, 0.15) is 45.7 Å². The summed E-state index contributed by atoms with van der Waals surface area (Å²) in [6.45, 7) is 0. The molecule has 1 heterocycles. The van der Waals surface area contributed by atoms with Crippen LogP contribution in [0.25, 0.3) is 0 Å². The quantitative estimate of drug-likeness (QED) is 0.534. The van der Waals surface area contributed by atoms with E-state index in [1.165, 1.54) is 7.11 Å². The van der Waals surface area contributed by atoms with Gasteiger partial charge in [0.1, 0.15) is 5.76 Å². The predicted octanol–water partition coefficient (Wildman–Crippen LogP) is 1.15. The van der Waals surface area contributed by atoms with Gasteiger partial charge in [-0.3, -0.25) is 4.79 Å². The van der Waals surface area contributed by atoms with Gasteiger partial charge in [-0.2, -0.15) is 4.98 Å². The number of oxazole rings is 1. The first-order valence-corrected chi connectivity index (χ1v) is 4.30. The molecule has 1 saturated carbocycles. The van der Waals surface area contributed by atoms with Crippen LogP contribution < -0.4 is 0 Å². The third-order valence-corrected chi connectivity index (χ3v) is 2.10. The van der Waals surface area contributed by atoms with Crippen molar-refractivity contribution in [1.82, 2.24) is 4.98 Å². The van der Waals surface area contributed by atoms with Gasteiger partial charge in [-0.1, -0.05) is 0 Å². The van der Waals surface area contributed by atoms with E-state index < -0.39 is 5.97 Å². The Morgan fingerprint density at radius 1 is 1.64 bits per heavy atom. The highest BCUT2D eigenvalue weighted by molar-refractivity contribution is 5.89. The molecule has 0 saturated heterocycles. The van der Waals surface area contributed by atoms with Gasteiger partial charge in [0, 0.05) is 5.92 Å². The van der Waals surface area contributed by atoms with E-state index in [1.54, 1.807) is 0 Å². The first-order valence-electron chi connectivity index (χ1n) is 4.30. The molecule has 0 aliphatic heterocycles. The van der Waals surface area contributed by atoms with Crippen LogP contribution >= 0.6 is 0 Å². The number of ether oxygens (including phenoxy) is 1. The maximum absolute atomic E-state index is 11.2. The fraction of sp³-hybridized carbons (Fsp3) is 0.444. The van der Waals surface area contributed by atoms with Crippen molar-refractivity contribution in [2.75, 3.05) is 7.11 Å². The number of nitrogens with zero attached hydrogens (tertiary/aromatic N) is 1. The molecule has 0 spiro atoms. The Hall–Kier alpha value is -1.65. The normalized spacial score (nSPS) is 15.2. The van der Waals surface area contributed by atoms with Crippen molar-refractivity contribution in [3.63, 3.8) is 0 Å². The van der Waals surface area contributed by atoms with Crippen molar-refractivity contribution in [2.45, 2.75) is 18.8 Å². The van der Waals surface area contributed by atoms with Gasteiger partial charge in [-0.05, 0) is 12.8 Å². The minimum absolute atomic E-state index is 0.0627.